The van der Waals surface area contributed by atoms with E-state index in [9.17, 15) is 0 Å². The standard InChI is InChI=1S/C72H58N2O/c1-71(2,3)51-42-50(43-52(46-51)72(4,5)6)56-32-19-22-47-23-20-34-61(69(47)56)58-29-11-15-37-65(58)73(64-36-14-10-28-55(64)49-40-41-68-63(45-49)60-31-13-17-39-67(60)75-68)54-27-18-24-48(44-54)57-33-21-35-62-59-30-12-16-38-66(59)74(70(57)62)53-25-8-7-9-26-53/h7-46H,1-6H3. The Bertz CT molecular complexity index is 4290. The maximum Gasteiger partial charge on any atom is 0.135 e. The minimum Gasteiger partial charge on any atom is -0.456 e. The number of hydrogen-bond donors (Lipinski definition) is 0. The molecule has 0 N–H and O–H groups in total. The molecule has 75 heavy (non-hydrogen) atoms. The smallest absolute Gasteiger partial charge is 0.135 e. The highest BCUT2D eigenvalue weighted by atomic mass is 16.3. The predicted molar refractivity (Wildman–Crippen MR) is 319 cm³/mol. The molecule has 2 heterocycles. The van der Waals surface area contributed by atoms with E-state index in [0.29, 0.717) is 0 Å². The molecule has 0 unspecified atom stereocenters. The number of benzene rings is 11. The summed E-state index contributed by atoms with van der Waals surface area (Å²) in [5, 5.41) is 7.10. The van der Waals surface area contributed by atoms with Crippen molar-refractivity contribution in [2.24, 2.45) is 0 Å². The first-order valence-electron chi connectivity index (χ1n) is 26.2. The highest BCUT2D eigenvalue weighted by molar-refractivity contribution is 6.14. The van der Waals surface area contributed by atoms with Gasteiger partial charge in [0.25, 0.3) is 0 Å². The summed E-state index contributed by atoms with van der Waals surface area (Å²) < 4.78 is 8.81. The van der Waals surface area contributed by atoms with Gasteiger partial charge in [0.1, 0.15) is 11.2 Å². The van der Waals surface area contributed by atoms with Gasteiger partial charge in [-0.25, -0.2) is 0 Å². The summed E-state index contributed by atoms with van der Waals surface area (Å²) in [4.78, 5) is 2.50. The van der Waals surface area contributed by atoms with Gasteiger partial charge in [-0.15, -0.1) is 0 Å². The number of furan rings is 1. The second-order valence-corrected chi connectivity index (χ2v) is 22.1. The van der Waals surface area contributed by atoms with Gasteiger partial charge in [0, 0.05) is 49.6 Å². The second kappa shape index (κ2) is 17.9. The van der Waals surface area contributed by atoms with E-state index in [-0.39, 0.29) is 10.8 Å². The van der Waals surface area contributed by atoms with Crippen molar-refractivity contribution >= 4 is 71.6 Å². The molecule has 0 atom stereocenters. The molecule has 0 spiro atoms. The van der Waals surface area contributed by atoms with Crippen LogP contribution in [0, 0.1) is 0 Å². The lowest BCUT2D eigenvalue weighted by molar-refractivity contribution is 0.569. The van der Waals surface area contributed by atoms with Gasteiger partial charge in [-0.2, -0.15) is 0 Å². The molecule has 11 aromatic carbocycles. The summed E-state index contributed by atoms with van der Waals surface area (Å²) in [6.45, 7) is 13.9. The van der Waals surface area contributed by atoms with Gasteiger partial charge in [-0.1, -0.05) is 224 Å². The van der Waals surface area contributed by atoms with E-state index in [1.54, 1.807) is 0 Å². The first kappa shape index (κ1) is 45.9. The Labute approximate surface area is 439 Å². The lowest BCUT2D eigenvalue weighted by Gasteiger charge is -2.31. The van der Waals surface area contributed by atoms with Crippen LogP contribution in [0.3, 0.4) is 0 Å². The van der Waals surface area contributed by atoms with Crippen LogP contribution >= 0.6 is 0 Å². The topological polar surface area (TPSA) is 21.3 Å². The Morgan fingerprint density at radius 2 is 0.920 bits per heavy atom. The molecule has 0 bridgehead atoms. The molecule has 0 aliphatic heterocycles. The number of para-hydroxylation sites is 6. The minimum atomic E-state index is -0.0304. The summed E-state index contributed by atoms with van der Waals surface area (Å²) in [7, 11) is 0. The zero-order valence-electron chi connectivity index (χ0n) is 43.4. The minimum absolute atomic E-state index is 0.0304. The van der Waals surface area contributed by atoms with Gasteiger partial charge in [0.2, 0.25) is 0 Å². The van der Waals surface area contributed by atoms with Crippen molar-refractivity contribution in [3.8, 4) is 50.2 Å². The number of nitrogens with zero attached hydrogens (tertiary/aromatic N) is 2. The molecular weight excluding hydrogens is 909 g/mol. The fourth-order valence-electron chi connectivity index (χ4n) is 11.5. The number of fused-ring (bicyclic) bond motifs is 7. The van der Waals surface area contributed by atoms with Crippen LogP contribution in [0.1, 0.15) is 52.7 Å². The molecule has 3 heteroatoms. The van der Waals surface area contributed by atoms with Gasteiger partial charge in [-0.05, 0) is 121 Å². The number of hydrogen-bond acceptors (Lipinski definition) is 2. The van der Waals surface area contributed by atoms with Crippen molar-refractivity contribution in [1.82, 2.24) is 4.57 Å². The second-order valence-electron chi connectivity index (χ2n) is 22.1. The van der Waals surface area contributed by atoms with E-state index in [1.165, 1.54) is 66.0 Å². The first-order valence-corrected chi connectivity index (χ1v) is 26.2. The van der Waals surface area contributed by atoms with Gasteiger partial charge in [-0.3, -0.25) is 0 Å². The Morgan fingerprint density at radius 3 is 1.68 bits per heavy atom. The fraction of sp³-hybridized carbons (Fsp3) is 0.111. The Hall–Kier alpha value is -8.92. The number of aromatic nitrogens is 1. The van der Waals surface area contributed by atoms with Crippen molar-refractivity contribution < 1.29 is 4.42 Å². The number of anilines is 3. The van der Waals surface area contributed by atoms with E-state index in [1.807, 2.05) is 6.07 Å². The average Bonchev–Trinajstić information content (AvgIpc) is 4.02. The third-order valence-electron chi connectivity index (χ3n) is 15.3. The van der Waals surface area contributed by atoms with E-state index < -0.39 is 0 Å². The lowest BCUT2D eigenvalue weighted by atomic mass is 9.78. The van der Waals surface area contributed by atoms with Gasteiger partial charge in [0.15, 0.2) is 0 Å². The van der Waals surface area contributed by atoms with Crippen molar-refractivity contribution in [1.29, 1.82) is 0 Å². The molecule has 0 aliphatic carbocycles. The Balaban J connectivity index is 1.07. The molecule has 0 fully saturated rings. The third kappa shape index (κ3) is 7.99. The molecule has 0 saturated carbocycles. The molecule has 0 amide bonds. The molecule has 0 aliphatic rings. The first-order chi connectivity index (χ1) is 36.5. The number of rotatable bonds is 8. The molecule has 0 saturated heterocycles. The summed E-state index contributed by atoms with van der Waals surface area (Å²) in [5.74, 6) is 0. The molecule has 3 nitrogen and oxygen atoms in total. The monoisotopic (exact) mass is 966 g/mol. The van der Waals surface area contributed by atoms with E-state index in [4.69, 9.17) is 4.42 Å². The maximum atomic E-state index is 6.38. The quantitative estimate of drug-likeness (QED) is 0.151. The summed E-state index contributed by atoms with van der Waals surface area (Å²) in [6.07, 6.45) is 0. The van der Waals surface area contributed by atoms with E-state index in [2.05, 4.69) is 288 Å². The van der Waals surface area contributed by atoms with Crippen LogP contribution in [0.5, 0.6) is 0 Å². The molecule has 0 radical (unpaired) electrons. The summed E-state index contributed by atoms with van der Waals surface area (Å²) >= 11 is 0. The van der Waals surface area contributed by atoms with E-state index >= 15 is 0 Å². The van der Waals surface area contributed by atoms with Crippen LogP contribution in [0.4, 0.5) is 17.1 Å². The van der Waals surface area contributed by atoms with Crippen molar-refractivity contribution in [3.05, 3.63) is 254 Å². The third-order valence-corrected chi connectivity index (χ3v) is 15.3. The van der Waals surface area contributed by atoms with Gasteiger partial charge >= 0.3 is 0 Å². The molecule has 13 aromatic rings. The van der Waals surface area contributed by atoms with Crippen LogP contribution in [0.25, 0.3) is 105 Å². The molecule has 362 valence electrons. The van der Waals surface area contributed by atoms with Crippen LogP contribution < -0.4 is 4.90 Å². The predicted octanol–water partition coefficient (Wildman–Crippen LogP) is 20.6. The maximum absolute atomic E-state index is 6.38. The van der Waals surface area contributed by atoms with Crippen LogP contribution in [0.2, 0.25) is 0 Å². The van der Waals surface area contributed by atoms with E-state index in [0.717, 1.165) is 66.9 Å². The molecule has 13 rings (SSSR count). The normalized spacial score (nSPS) is 12.1. The van der Waals surface area contributed by atoms with Crippen molar-refractivity contribution in [2.45, 2.75) is 52.4 Å². The van der Waals surface area contributed by atoms with Gasteiger partial charge in [0.05, 0.1) is 22.4 Å². The van der Waals surface area contributed by atoms with Gasteiger partial charge < -0.3 is 13.9 Å². The lowest BCUT2D eigenvalue weighted by Crippen LogP contribution is -2.16. The molecule has 2 aromatic heterocycles. The Kier molecular flexibility index (Phi) is 11.0. The Morgan fingerprint density at radius 1 is 0.360 bits per heavy atom. The average molecular weight is 967 g/mol. The van der Waals surface area contributed by atoms with Crippen molar-refractivity contribution in [2.75, 3.05) is 4.90 Å². The largest absolute Gasteiger partial charge is 0.456 e. The van der Waals surface area contributed by atoms with Crippen LogP contribution in [0.15, 0.2) is 247 Å². The zero-order chi connectivity index (χ0) is 51.0. The highest BCUT2D eigenvalue weighted by Gasteiger charge is 2.26. The van der Waals surface area contributed by atoms with Crippen molar-refractivity contribution in [3.63, 3.8) is 0 Å². The summed E-state index contributed by atoms with van der Waals surface area (Å²) in [5.41, 5.74) is 20.4. The highest BCUT2D eigenvalue weighted by Crippen LogP contribution is 2.49. The van der Waals surface area contributed by atoms with Crippen LogP contribution in [-0.2, 0) is 10.8 Å². The van der Waals surface area contributed by atoms with Crippen LogP contribution in [-0.4, -0.2) is 4.57 Å². The fourth-order valence-corrected chi connectivity index (χ4v) is 11.5. The molecular formula is C72H58N2O. The SMILES string of the molecule is CC(C)(C)c1cc(-c2cccc3cccc(-c4ccccc4N(c4cccc(-c5cccc6c7ccccc7n(-c7ccccc7)c56)c4)c4ccccc4-c4ccc5oc6ccccc6c5c4)c23)cc(C(C)(C)C)c1. The summed E-state index contributed by atoms with van der Waals surface area (Å²) in [6, 6.07) is 89.3. The zero-order valence-corrected chi connectivity index (χ0v) is 43.4.